The summed E-state index contributed by atoms with van der Waals surface area (Å²) in [6, 6.07) is 14.4. The Labute approximate surface area is 260 Å². The fourth-order valence-corrected chi connectivity index (χ4v) is 8.10. The summed E-state index contributed by atoms with van der Waals surface area (Å²) in [7, 11) is 2.05. The van der Waals surface area contributed by atoms with Crippen LogP contribution >= 0.6 is 35.0 Å². The van der Waals surface area contributed by atoms with Gasteiger partial charge in [0.1, 0.15) is 16.5 Å². The number of aliphatic hydroxyl groups is 1. The molecule has 0 radical (unpaired) electrons. The lowest BCUT2D eigenvalue weighted by atomic mass is 9.81. The molecule has 1 N–H and O–H groups in total. The lowest BCUT2D eigenvalue weighted by molar-refractivity contribution is -0.143. The molecule has 0 aliphatic carbocycles. The Balaban J connectivity index is 1.37. The number of carbonyl (C=O) groups excluding carboxylic acids is 2. The number of hydrogen-bond acceptors (Lipinski definition) is 7. The van der Waals surface area contributed by atoms with Crippen LogP contribution in [0, 0.1) is 0 Å². The third-order valence-corrected chi connectivity index (χ3v) is 10.4. The van der Waals surface area contributed by atoms with Gasteiger partial charge in [-0.1, -0.05) is 47.5 Å². The number of nitrogens with zero attached hydrogens (tertiary/aromatic N) is 5. The first-order valence-corrected chi connectivity index (χ1v) is 15.9. The van der Waals surface area contributed by atoms with Gasteiger partial charge >= 0.3 is 0 Å². The zero-order valence-corrected chi connectivity index (χ0v) is 26.3. The lowest BCUT2D eigenvalue weighted by Gasteiger charge is -2.37. The number of amides is 2. The highest BCUT2D eigenvalue weighted by Crippen LogP contribution is 2.55. The molecule has 4 aliphatic rings. The standard InChI is InChI=1S/C31H35Cl2N5O3S/c1-19(39)25-26(29(41)37-14-4-5-24(37)28(40)36-17-15-35(3)16-18-36)42-30-34-31(2,21-8-12-23(33)13-9-21)27(38(25)30)20-6-10-22(32)11-7-20/h6-13,19,24,27,39H,4-5,14-18H2,1-3H3/t19?,24-,27+,31-/m0/s1. The smallest absolute Gasteiger partial charge is 0.263 e. The molecule has 2 aromatic carbocycles. The number of thioether (sulfide) groups is 1. The minimum absolute atomic E-state index is 0.0170. The normalized spacial score (nSPS) is 27.0. The van der Waals surface area contributed by atoms with Crippen molar-refractivity contribution in [2.24, 2.45) is 4.99 Å². The first-order valence-electron chi connectivity index (χ1n) is 14.4. The fourth-order valence-electron chi connectivity index (χ4n) is 6.55. The van der Waals surface area contributed by atoms with Crippen molar-refractivity contribution in [1.82, 2.24) is 19.6 Å². The number of piperazine rings is 1. The number of amidine groups is 1. The Morgan fingerprint density at radius 2 is 1.62 bits per heavy atom. The van der Waals surface area contributed by atoms with Gasteiger partial charge < -0.3 is 24.7 Å². The minimum atomic E-state index is -0.944. The Bertz CT molecular complexity index is 1440. The molecule has 2 amide bonds. The SMILES string of the molecule is CC(O)C1=C(C(=O)N2CCC[C@H]2C(=O)N2CCN(C)CC2)SC2=N[C@@](C)(c3ccc(Cl)cc3)[C@@H](c3ccc(Cl)cc3)N21. The molecule has 0 bridgehead atoms. The summed E-state index contributed by atoms with van der Waals surface area (Å²) < 4.78 is 0. The van der Waals surface area contributed by atoms with Crippen molar-refractivity contribution in [2.45, 2.75) is 50.4 Å². The van der Waals surface area contributed by atoms with Crippen molar-refractivity contribution in [2.75, 3.05) is 39.8 Å². The van der Waals surface area contributed by atoms with Gasteiger partial charge in [0, 0.05) is 42.8 Å². The predicted octanol–water partition coefficient (Wildman–Crippen LogP) is 4.73. The van der Waals surface area contributed by atoms with Gasteiger partial charge in [-0.25, -0.2) is 4.99 Å². The van der Waals surface area contributed by atoms with E-state index in [0.29, 0.717) is 51.9 Å². The van der Waals surface area contributed by atoms with E-state index in [4.69, 9.17) is 28.2 Å². The lowest BCUT2D eigenvalue weighted by Crippen LogP contribution is -2.53. The third-order valence-electron chi connectivity index (χ3n) is 8.83. The first kappa shape index (κ1) is 29.5. The van der Waals surface area contributed by atoms with Crippen LogP contribution in [0.3, 0.4) is 0 Å². The summed E-state index contributed by atoms with van der Waals surface area (Å²) in [6.07, 6.45) is 0.469. The van der Waals surface area contributed by atoms with Crippen molar-refractivity contribution in [3.05, 3.63) is 80.3 Å². The van der Waals surface area contributed by atoms with Crippen molar-refractivity contribution in [3.63, 3.8) is 0 Å². The van der Waals surface area contributed by atoms with Gasteiger partial charge in [0.2, 0.25) is 5.91 Å². The van der Waals surface area contributed by atoms with Crippen molar-refractivity contribution < 1.29 is 14.7 Å². The maximum Gasteiger partial charge on any atom is 0.263 e. The van der Waals surface area contributed by atoms with Crippen LogP contribution in [0.25, 0.3) is 0 Å². The predicted molar refractivity (Wildman–Crippen MR) is 167 cm³/mol. The number of fused-ring (bicyclic) bond motifs is 1. The number of hydrogen-bond donors (Lipinski definition) is 1. The molecule has 4 heterocycles. The van der Waals surface area contributed by atoms with E-state index in [-0.39, 0.29) is 17.9 Å². The third kappa shape index (κ3) is 5.13. The van der Waals surface area contributed by atoms with E-state index < -0.39 is 17.7 Å². The molecule has 2 saturated heterocycles. The first-order chi connectivity index (χ1) is 20.1. The Hall–Kier alpha value is -2.56. The molecule has 4 aliphatic heterocycles. The quantitative estimate of drug-likeness (QED) is 0.517. The van der Waals surface area contributed by atoms with E-state index in [0.717, 1.165) is 30.6 Å². The Morgan fingerprint density at radius 1 is 1.00 bits per heavy atom. The number of benzene rings is 2. The van der Waals surface area contributed by atoms with Crippen LogP contribution in [0.2, 0.25) is 10.0 Å². The summed E-state index contributed by atoms with van der Waals surface area (Å²) in [5, 5.41) is 13.1. The number of aliphatic imine (C=N–C) groups is 1. The van der Waals surface area contributed by atoms with Crippen LogP contribution in [0.5, 0.6) is 0 Å². The molecule has 2 aromatic rings. The molecule has 6 rings (SSSR count). The summed E-state index contributed by atoms with van der Waals surface area (Å²) >= 11 is 13.8. The minimum Gasteiger partial charge on any atom is -0.387 e. The van der Waals surface area contributed by atoms with Gasteiger partial charge in [-0.2, -0.15) is 0 Å². The number of likely N-dealkylation sites (N-methyl/N-ethyl adjacent to an activating group) is 1. The van der Waals surface area contributed by atoms with Gasteiger partial charge in [0.25, 0.3) is 5.91 Å². The van der Waals surface area contributed by atoms with Crippen LogP contribution in [-0.4, -0.2) is 93.6 Å². The molecule has 0 aromatic heterocycles. The molecule has 8 nitrogen and oxygen atoms in total. The second-order valence-corrected chi connectivity index (χ2v) is 13.5. The van der Waals surface area contributed by atoms with Crippen LogP contribution in [0.4, 0.5) is 0 Å². The van der Waals surface area contributed by atoms with E-state index in [2.05, 4.69) is 18.9 Å². The summed E-state index contributed by atoms with van der Waals surface area (Å²) in [5.74, 6) is -0.204. The molecule has 4 atom stereocenters. The second-order valence-electron chi connectivity index (χ2n) is 11.7. The molecule has 222 valence electrons. The average Bonchev–Trinajstić information content (AvgIpc) is 3.66. The van der Waals surface area contributed by atoms with Crippen molar-refractivity contribution in [1.29, 1.82) is 0 Å². The topological polar surface area (TPSA) is 79.7 Å². The van der Waals surface area contributed by atoms with Gasteiger partial charge in [-0.3, -0.25) is 9.59 Å². The van der Waals surface area contributed by atoms with Crippen molar-refractivity contribution >= 4 is 51.9 Å². The van der Waals surface area contributed by atoms with E-state index in [1.54, 1.807) is 11.8 Å². The van der Waals surface area contributed by atoms with E-state index >= 15 is 0 Å². The van der Waals surface area contributed by atoms with Gasteiger partial charge in [-0.15, -0.1) is 0 Å². The largest absolute Gasteiger partial charge is 0.387 e. The van der Waals surface area contributed by atoms with Crippen LogP contribution in [0.1, 0.15) is 43.9 Å². The monoisotopic (exact) mass is 627 g/mol. The Kier molecular flexibility index (Phi) is 8.08. The van der Waals surface area contributed by atoms with Crippen molar-refractivity contribution in [3.8, 4) is 0 Å². The number of rotatable bonds is 5. The van der Waals surface area contributed by atoms with Crippen LogP contribution in [-0.2, 0) is 15.1 Å². The number of halogens is 2. The highest BCUT2D eigenvalue weighted by Gasteiger charge is 2.54. The van der Waals surface area contributed by atoms with E-state index in [1.807, 2.05) is 58.3 Å². The molecule has 42 heavy (non-hydrogen) atoms. The van der Waals surface area contributed by atoms with E-state index in [9.17, 15) is 14.7 Å². The van der Waals surface area contributed by atoms with Gasteiger partial charge in [-0.05, 0) is 80.9 Å². The highest BCUT2D eigenvalue weighted by atomic mass is 35.5. The summed E-state index contributed by atoms with van der Waals surface area (Å²) in [6.45, 7) is 7.24. The van der Waals surface area contributed by atoms with Gasteiger partial charge in [0.15, 0.2) is 5.17 Å². The molecular weight excluding hydrogens is 593 g/mol. The average molecular weight is 629 g/mol. The zero-order chi connectivity index (χ0) is 29.8. The molecule has 1 unspecified atom stereocenters. The maximum absolute atomic E-state index is 14.2. The maximum atomic E-state index is 14.2. The zero-order valence-electron chi connectivity index (χ0n) is 24.0. The molecule has 2 fully saturated rings. The van der Waals surface area contributed by atoms with Crippen LogP contribution < -0.4 is 0 Å². The second kappa shape index (κ2) is 11.5. The molecule has 0 spiro atoms. The van der Waals surface area contributed by atoms with Crippen LogP contribution in [0.15, 0.2) is 64.1 Å². The van der Waals surface area contributed by atoms with E-state index in [1.165, 1.54) is 11.8 Å². The molecule has 11 heteroatoms. The summed E-state index contributed by atoms with van der Waals surface area (Å²) in [4.78, 5) is 41.3. The van der Waals surface area contributed by atoms with Gasteiger partial charge in [0.05, 0.1) is 17.8 Å². The summed E-state index contributed by atoms with van der Waals surface area (Å²) in [5.41, 5.74) is 1.69. The number of aliphatic hydroxyl groups excluding tert-OH is 1. The Morgan fingerprint density at radius 3 is 2.24 bits per heavy atom. The molecular formula is C31H35Cl2N5O3S. The molecule has 0 saturated carbocycles. The highest BCUT2D eigenvalue weighted by molar-refractivity contribution is 8.18. The number of likely N-dealkylation sites (tertiary alicyclic amines) is 1. The fraction of sp³-hybridized carbons (Fsp3) is 0.452. The number of carbonyl (C=O) groups is 2.